The van der Waals surface area contributed by atoms with Gasteiger partial charge in [0.2, 0.25) is 0 Å². The number of anilines is 1. The van der Waals surface area contributed by atoms with Gasteiger partial charge in [-0.2, -0.15) is 5.10 Å². The summed E-state index contributed by atoms with van der Waals surface area (Å²) in [4.78, 5) is 17.0. The highest BCUT2D eigenvalue weighted by molar-refractivity contribution is 6.35. The van der Waals surface area contributed by atoms with Gasteiger partial charge in [-0.3, -0.25) is 14.5 Å². The Bertz CT molecular complexity index is 1170. The van der Waals surface area contributed by atoms with E-state index in [9.17, 15) is 9.18 Å². The lowest BCUT2D eigenvalue weighted by Crippen LogP contribution is -2.15. The molecule has 2 aromatic heterocycles. The van der Waals surface area contributed by atoms with E-state index in [1.807, 2.05) is 6.07 Å². The second-order valence-corrected chi connectivity index (χ2v) is 6.41. The van der Waals surface area contributed by atoms with Crippen LogP contribution in [0.4, 0.5) is 10.2 Å². The Labute approximate surface area is 159 Å². The number of nitrogens with one attached hydrogen (secondary N) is 1. The van der Waals surface area contributed by atoms with E-state index in [0.29, 0.717) is 33.2 Å². The normalized spacial score (nSPS) is 10.9. The summed E-state index contributed by atoms with van der Waals surface area (Å²) in [7, 11) is 1.67. The van der Waals surface area contributed by atoms with E-state index >= 15 is 0 Å². The van der Waals surface area contributed by atoms with Crippen molar-refractivity contribution in [1.29, 1.82) is 0 Å². The Kier molecular flexibility index (Phi) is 4.33. The van der Waals surface area contributed by atoms with Gasteiger partial charge in [-0.1, -0.05) is 29.8 Å². The third-order valence-corrected chi connectivity index (χ3v) is 4.52. The molecule has 0 fully saturated rings. The van der Waals surface area contributed by atoms with E-state index in [-0.39, 0.29) is 5.82 Å². The molecule has 1 N–H and O–H groups in total. The van der Waals surface area contributed by atoms with Crippen molar-refractivity contribution >= 4 is 34.2 Å². The topological polar surface area (TPSA) is 59.8 Å². The van der Waals surface area contributed by atoms with Crippen LogP contribution in [-0.2, 0) is 7.05 Å². The number of aryl methyl sites for hydroxylation is 1. The monoisotopic (exact) mass is 380 g/mol. The second kappa shape index (κ2) is 6.81. The summed E-state index contributed by atoms with van der Waals surface area (Å²) in [6.07, 6.45) is 1.65. The van der Waals surface area contributed by atoms with Crippen LogP contribution in [0, 0.1) is 5.82 Å². The fraction of sp³-hybridized carbons (Fsp3) is 0.0500. The van der Waals surface area contributed by atoms with E-state index in [1.54, 1.807) is 55.7 Å². The largest absolute Gasteiger partial charge is 0.307 e. The number of hydrogen-bond acceptors (Lipinski definition) is 3. The maximum atomic E-state index is 14.0. The lowest BCUT2D eigenvalue weighted by Gasteiger charge is -2.08. The number of rotatable bonds is 3. The molecule has 0 bridgehead atoms. The predicted molar refractivity (Wildman–Crippen MR) is 103 cm³/mol. The van der Waals surface area contributed by atoms with Gasteiger partial charge in [0, 0.05) is 30.3 Å². The first kappa shape index (κ1) is 17.2. The summed E-state index contributed by atoms with van der Waals surface area (Å²) in [5.41, 5.74) is 1.76. The van der Waals surface area contributed by atoms with Crippen molar-refractivity contribution < 1.29 is 9.18 Å². The molecule has 27 heavy (non-hydrogen) atoms. The summed E-state index contributed by atoms with van der Waals surface area (Å²) < 4.78 is 15.5. The number of nitrogens with zero attached hydrogens (tertiary/aromatic N) is 3. The van der Waals surface area contributed by atoms with Crippen molar-refractivity contribution in [3.05, 3.63) is 77.2 Å². The van der Waals surface area contributed by atoms with Gasteiger partial charge in [-0.25, -0.2) is 4.39 Å². The third kappa shape index (κ3) is 3.27. The average molecular weight is 381 g/mol. The first-order chi connectivity index (χ1) is 13.0. The molecule has 0 aliphatic carbocycles. The van der Waals surface area contributed by atoms with Crippen LogP contribution in [0.1, 0.15) is 10.4 Å². The van der Waals surface area contributed by atoms with Gasteiger partial charge in [0.25, 0.3) is 5.91 Å². The van der Waals surface area contributed by atoms with E-state index in [2.05, 4.69) is 15.4 Å². The fourth-order valence-electron chi connectivity index (χ4n) is 2.84. The van der Waals surface area contributed by atoms with Crippen molar-refractivity contribution in [3.63, 3.8) is 0 Å². The summed E-state index contributed by atoms with van der Waals surface area (Å²) in [5.74, 6) is -0.344. The molecule has 1 amide bonds. The minimum Gasteiger partial charge on any atom is -0.307 e. The standard InChI is InChI=1S/C20H14ClFN4O/c1-26-19(11-18(25-26)13-6-2-3-7-16(13)22)24-20(27)14-10-17-12(9-15(14)21)5-4-8-23-17/h2-11H,1H3,(H,24,27). The lowest BCUT2D eigenvalue weighted by atomic mass is 10.1. The van der Waals surface area contributed by atoms with Crippen molar-refractivity contribution in [2.24, 2.45) is 7.05 Å². The first-order valence-corrected chi connectivity index (χ1v) is 8.55. The maximum absolute atomic E-state index is 14.0. The van der Waals surface area contributed by atoms with Crippen LogP contribution in [0.5, 0.6) is 0 Å². The van der Waals surface area contributed by atoms with Crippen LogP contribution in [0.15, 0.2) is 60.8 Å². The zero-order chi connectivity index (χ0) is 19.0. The van der Waals surface area contributed by atoms with Gasteiger partial charge in [0.05, 0.1) is 21.8 Å². The van der Waals surface area contributed by atoms with Crippen LogP contribution >= 0.6 is 11.6 Å². The molecule has 7 heteroatoms. The molecule has 2 aromatic carbocycles. The van der Waals surface area contributed by atoms with Gasteiger partial charge in [-0.05, 0) is 30.3 Å². The van der Waals surface area contributed by atoms with Crippen molar-refractivity contribution in [2.75, 3.05) is 5.32 Å². The quantitative estimate of drug-likeness (QED) is 0.561. The molecule has 4 aromatic rings. The van der Waals surface area contributed by atoms with Crippen molar-refractivity contribution in [1.82, 2.24) is 14.8 Å². The van der Waals surface area contributed by atoms with Crippen LogP contribution < -0.4 is 5.32 Å². The molecule has 0 aliphatic heterocycles. The molecule has 0 radical (unpaired) electrons. The molecule has 0 spiro atoms. The molecule has 0 unspecified atom stereocenters. The molecular formula is C20H14ClFN4O. The highest BCUT2D eigenvalue weighted by atomic mass is 35.5. The summed E-state index contributed by atoms with van der Waals surface area (Å²) in [6.45, 7) is 0. The number of carbonyl (C=O) groups is 1. The molecule has 0 atom stereocenters. The maximum Gasteiger partial charge on any atom is 0.258 e. The van der Waals surface area contributed by atoms with E-state index in [0.717, 1.165) is 5.39 Å². The number of halogens is 2. The Balaban J connectivity index is 1.66. The van der Waals surface area contributed by atoms with Gasteiger partial charge in [-0.15, -0.1) is 0 Å². The molecule has 0 saturated carbocycles. The molecule has 134 valence electrons. The number of amides is 1. The SMILES string of the molecule is Cn1nc(-c2ccccc2F)cc1NC(=O)c1cc2ncccc2cc1Cl. The Morgan fingerprint density at radius 3 is 2.78 bits per heavy atom. The summed E-state index contributed by atoms with van der Waals surface area (Å²) in [6, 6.07) is 15.0. The minimum absolute atomic E-state index is 0.302. The zero-order valence-electron chi connectivity index (χ0n) is 14.3. The Morgan fingerprint density at radius 1 is 1.15 bits per heavy atom. The molecule has 5 nitrogen and oxygen atoms in total. The highest BCUT2D eigenvalue weighted by Crippen LogP contribution is 2.26. The average Bonchev–Trinajstić information content (AvgIpc) is 3.01. The van der Waals surface area contributed by atoms with Gasteiger partial charge in [0.1, 0.15) is 11.6 Å². The minimum atomic E-state index is -0.393. The van der Waals surface area contributed by atoms with E-state index < -0.39 is 5.91 Å². The number of hydrogen-bond donors (Lipinski definition) is 1. The molecule has 4 rings (SSSR count). The lowest BCUT2D eigenvalue weighted by molar-refractivity contribution is 0.102. The van der Waals surface area contributed by atoms with E-state index in [1.165, 1.54) is 10.7 Å². The fourth-order valence-corrected chi connectivity index (χ4v) is 3.09. The molecule has 2 heterocycles. The number of carbonyl (C=O) groups excluding carboxylic acids is 1. The van der Waals surface area contributed by atoms with Gasteiger partial charge < -0.3 is 5.32 Å². The van der Waals surface area contributed by atoms with Crippen LogP contribution in [0.25, 0.3) is 22.2 Å². The number of benzene rings is 2. The number of aromatic nitrogens is 3. The predicted octanol–water partition coefficient (Wildman–Crippen LogP) is 4.68. The number of pyridine rings is 1. The summed E-state index contributed by atoms with van der Waals surface area (Å²) >= 11 is 6.27. The number of fused-ring (bicyclic) bond motifs is 1. The third-order valence-electron chi connectivity index (χ3n) is 4.21. The Morgan fingerprint density at radius 2 is 1.96 bits per heavy atom. The summed E-state index contributed by atoms with van der Waals surface area (Å²) in [5, 5.41) is 8.22. The smallest absolute Gasteiger partial charge is 0.258 e. The van der Waals surface area contributed by atoms with Crippen LogP contribution in [0.2, 0.25) is 5.02 Å². The van der Waals surface area contributed by atoms with Crippen molar-refractivity contribution in [3.8, 4) is 11.3 Å². The highest BCUT2D eigenvalue weighted by Gasteiger charge is 2.16. The molecular weight excluding hydrogens is 367 g/mol. The zero-order valence-corrected chi connectivity index (χ0v) is 15.0. The first-order valence-electron chi connectivity index (χ1n) is 8.17. The van der Waals surface area contributed by atoms with Crippen LogP contribution in [0.3, 0.4) is 0 Å². The molecule has 0 aliphatic rings. The Hall–Kier alpha value is -3.25. The van der Waals surface area contributed by atoms with Crippen LogP contribution in [-0.4, -0.2) is 20.7 Å². The second-order valence-electron chi connectivity index (χ2n) is 6.00. The van der Waals surface area contributed by atoms with Crippen molar-refractivity contribution in [2.45, 2.75) is 0 Å². The van der Waals surface area contributed by atoms with Gasteiger partial charge >= 0.3 is 0 Å². The van der Waals surface area contributed by atoms with E-state index in [4.69, 9.17) is 11.6 Å². The van der Waals surface area contributed by atoms with Gasteiger partial charge in [0.15, 0.2) is 0 Å². The molecule has 0 saturated heterocycles.